The van der Waals surface area contributed by atoms with Crippen LogP contribution in [0, 0.1) is 5.92 Å². The van der Waals surface area contributed by atoms with Crippen molar-refractivity contribution in [3.63, 3.8) is 0 Å². The zero-order valence-corrected chi connectivity index (χ0v) is 18.7. The van der Waals surface area contributed by atoms with Gasteiger partial charge in [-0.1, -0.05) is 29.5 Å². The third-order valence-electron chi connectivity index (χ3n) is 5.05. The fourth-order valence-corrected chi connectivity index (χ4v) is 6.53. The SMILES string of the molecule is NS(=O)(=O)c1ccc2nc(NC(=O)C3CCCN(S(=O)(=O)c4ccccc4)C3)sc2c1. The number of nitrogens with two attached hydrogens (primary N) is 1. The number of piperidine rings is 1. The molecule has 164 valence electrons. The molecular formula is C19H20N4O5S3. The Bertz CT molecular complexity index is 1340. The maximum Gasteiger partial charge on any atom is 0.243 e. The smallest absolute Gasteiger partial charge is 0.243 e. The van der Waals surface area contributed by atoms with Gasteiger partial charge in [0.05, 0.1) is 25.9 Å². The molecule has 3 aromatic rings. The molecule has 4 rings (SSSR count). The van der Waals surface area contributed by atoms with Crippen molar-refractivity contribution in [3.05, 3.63) is 48.5 Å². The summed E-state index contributed by atoms with van der Waals surface area (Å²) in [4.78, 5) is 17.3. The Morgan fingerprint density at radius 2 is 1.84 bits per heavy atom. The molecule has 0 aliphatic carbocycles. The standard InChI is InChI=1S/C19H20N4O5S3/c20-30(25,26)15-8-9-16-17(11-15)29-19(21-16)22-18(24)13-5-4-10-23(12-13)31(27,28)14-6-2-1-3-7-14/h1-3,6-9,11,13H,4-5,10,12H2,(H2,20,25,26)(H,21,22,24). The van der Waals surface area contributed by atoms with Crippen LogP contribution in [-0.4, -0.2) is 45.1 Å². The van der Waals surface area contributed by atoms with E-state index in [1.54, 1.807) is 18.2 Å². The molecule has 9 nitrogen and oxygen atoms in total. The van der Waals surface area contributed by atoms with Crippen LogP contribution in [0.1, 0.15) is 12.8 Å². The van der Waals surface area contributed by atoms with Gasteiger partial charge in [-0.05, 0) is 43.2 Å². The topological polar surface area (TPSA) is 140 Å². The lowest BCUT2D eigenvalue weighted by Crippen LogP contribution is -2.43. The van der Waals surface area contributed by atoms with Crippen molar-refractivity contribution in [1.82, 2.24) is 9.29 Å². The van der Waals surface area contributed by atoms with Crippen molar-refractivity contribution in [3.8, 4) is 0 Å². The summed E-state index contributed by atoms with van der Waals surface area (Å²) >= 11 is 1.13. The molecule has 2 aromatic carbocycles. The molecule has 3 N–H and O–H groups in total. The Morgan fingerprint density at radius 1 is 1.10 bits per heavy atom. The molecule has 31 heavy (non-hydrogen) atoms. The molecule has 0 radical (unpaired) electrons. The number of fused-ring (bicyclic) bond motifs is 1. The van der Waals surface area contributed by atoms with Crippen LogP contribution in [0.2, 0.25) is 0 Å². The van der Waals surface area contributed by atoms with Gasteiger partial charge in [0.15, 0.2) is 5.13 Å². The number of rotatable bonds is 5. The van der Waals surface area contributed by atoms with Crippen LogP contribution in [-0.2, 0) is 24.8 Å². The third-order valence-corrected chi connectivity index (χ3v) is 8.78. The van der Waals surface area contributed by atoms with Crippen LogP contribution in [0.15, 0.2) is 58.3 Å². The molecule has 2 heterocycles. The summed E-state index contributed by atoms with van der Waals surface area (Å²) in [7, 11) is -7.51. The third kappa shape index (κ3) is 4.62. The number of aromatic nitrogens is 1. The molecule has 0 spiro atoms. The van der Waals surface area contributed by atoms with Gasteiger partial charge >= 0.3 is 0 Å². The van der Waals surface area contributed by atoms with Gasteiger partial charge < -0.3 is 5.32 Å². The van der Waals surface area contributed by atoms with Crippen LogP contribution in [0.25, 0.3) is 10.2 Å². The minimum Gasteiger partial charge on any atom is -0.302 e. The number of nitrogens with zero attached hydrogens (tertiary/aromatic N) is 2. The van der Waals surface area contributed by atoms with Gasteiger partial charge in [0.2, 0.25) is 26.0 Å². The van der Waals surface area contributed by atoms with E-state index < -0.39 is 26.0 Å². The van der Waals surface area contributed by atoms with Crippen LogP contribution < -0.4 is 10.5 Å². The van der Waals surface area contributed by atoms with Crippen molar-refractivity contribution in [2.45, 2.75) is 22.6 Å². The van der Waals surface area contributed by atoms with Crippen LogP contribution >= 0.6 is 11.3 Å². The van der Waals surface area contributed by atoms with Gasteiger partial charge in [-0.25, -0.2) is 27.0 Å². The molecule has 1 aliphatic rings. The predicted molar refractivity (Wildman–Crippen MR) is 118 cm³/mol. The summed E-state index contributed by atoms with van der Waals surface area (Å²) in [6.45, 7) is 0.446. The van der Waals surface area contributed by atoms with E-state index in [2.05, 4.69) is 10.3 Å². The van der Waals surface area contributed by atoms with Crippen molar-refractivity contribution < 1.29 is 21.6 Å². The summed E-state index contributed by atoms with van der Waals surface area (Å²) in [5, 5.41) is 8.21. The van der Waals surface area contributed by atoms with Crippen LogP contribution in [0.4, 0.5) is 5.13 Å². The average Bonchev–Trinajstić information content (AvgIpc) is 3.15. The molecule has 0 bridgehead atoms. The van der Waals surface area contributed by atoms with E-state index in [9.17, 15) is 21.6 Å². The maximum atomic E-state index is 12.9. The Balaban J connectivity index is 1.50. The lowest BCUT2D eigenvalue weighted by molar-refractivity contribution is -0.120. The molecule has 1 atom stereocenters. The fraction of sp³-hybridized carbons (Fsp3) is 0.263. The Morgan fingerprint density at radius 3 is 2.55 bits per heavy atom. The first-order valence-corrected chi connectivity index (χ1v) is 13.2. The van der Waals surface area contributed by atoms with E-state index in [1.807, 2.05) is 0 Å². The average molecular weight is 481 g/mol. The first kappa shape index (κ1) is 21.8. The number of thiazole rings is 1. The van der Waals surface area contributed by atoms with Crippen LogP contribution in [0.5, 0.6) is 0 Å². The second-order valence-corrected chi connectivity index (χ2v) is 11.7. The van der Waals surface area contributed by atoms with Gasteiger partial charge in [0.25, 0.3) is 0 Å². The number of carbonyl (C=O) groups is 1. The van der Waals surface area contributed by atoms with Gasteiger partial charge in [-0.3, -0.25) is 4.79 Å². The first-order valence-electron chi connectivity index (χ1n) is 9.44. The number of anilines is 1. The lowest BCUT2D eigenvalue weighted by atomic mass is 9.99. The molecule has 1 aromatic heterocycles. The zero-order valence-electron chi connectivity index (χ0n) is 16.3. The highest BCUT2D eigenvalue weighted by Gasteiger charge is 2.33. The van der Waals surface area contributed by atoms with E-state index >= 15 is 0 Å². The van der Waals surface area contributed by atoms with Crippen molar-refractivity contribution in [1.29, 1.82) is 0 Å². The van der Waals surface area contributed by atoms with Gasteiger partial charge in [0, 0.05) is 13.1 Å². The second kappa shape index (κ2) is 8.28. The highest BCUT2D eigenvalue weighted by molar-refractivity contribution is 7.89. The number of sulfonamides is 2. The predicted octanol–water partition coefficient (Wildman–Crippen LogP) is 1.98. The molecule has 0 saturated carbocycles. The van der Waals surface area contributed by atoms with Gasteiger partial charge in [0.1, 0.15) is 0 Å². The largest absolute Gasteiger partial charge is 0.302 e. The lowest BCUT2D eigenvalue weighted by Gasteiger charge is -2.31. The van der Waals surface area contributed by atoms with Crippen molar-refractivity contribution in [2.75, 3.05) is 18.4 Å². The van der Waals surface area contributed by atoms with E-state index in [1.165, 1.54) is 34.6 Å². The summed E-state index contributed by atoms with van der Waals surface area (Å²) in [6.07, 6.45) is 1.13. The van der Waals surface area contributed by atoms with E-state index in [-0.39, 0.29) is 22.2 Å². The number of hydrogen-bond donors (Lipinski definition) is 2. The number of hydrogen-bond acceptors (Lipinski definition) is 7. The number of carbonyl (C=O) groups excluding carboxylic acids is 1. The molecule has 1 aliphatic heterocycles. The summed E-state index contributed by atoms with van der Waals surface area (Å²) in [5.41, 5.74) is 0.532. The molecule has 1 saturated heterocycles. The monoisotopic (exact) mass is 480 g/mol. The Labute approximate surface area is 184 Å². The summed E-state index contributed by atoms with van der Waals surface area (Å²) in [5.74, 6) is -0.835. The van der Waals surface area contributed by atoms with E-state index in [0.717, 1.165) is 11.3 Å². The highest BCUT2D eigenvalue weighted by Crippen LogP contribution is 2.29. The molecule has 12 heteroatoms. The first-order chi connectivity index (χ1) is 14.6. The minimum absolute atomic E-state index is 0.0319. The van der Waals surface area contributed by atoms with Crippen molar-refractivity contribution >= 4 is 52.6 Å². The molecular weight excluding hydrogens is 460 g/mol. The summed E-state index contributed by atoms with van der Waals surface area (Å²) < 4.78 is 50.7. The fourth-order valence-electron chi connectivity index (χ4n) is 3.46. The summed E-state index contributed by atoms with van der Waals surface area (Å²) in [6, 6.07) is 12.4. The number of primary sulfonamides is 1. The zero-order chi connectivity index (χ0) is 22.2. The van der Waals surface area contributed by atoms with Gasteiger partial charge in [-0.2, -0.15) is 4.31 Å². The normalized spacial score (nSPS) is 18.2. The Hall–Kier alpha value is -2.38. The number of amides is 1. The number of benzene rings is 2. The van der Waals surface area contributed by atoms with E-state index in [4.69, 9.17) is 5.14 Å². The molecule has 1 fully saturated rings. The van der Waals surface area contributed by atoms with Gasteiger partial charge in [-0.15, -0.1) is 0 Å². The van der Waals surface area contributed by atoms with E-state index in [0.29, 0.717) is 34.7 Å². The second-order valence-electron chi connectivity index (χ2n) is 7.20. The minimum atomic E-state index is -3.84. The molecule has 1 amide bonds. The van der Waals surface area contributed by atoms with Crippen molar-refractivity contribution in [2.24, 2.45) is 11.1 Å². The van der Waals surface area contributed by atoms with Crippen LogP contribution in [0.3, 0.4) is 0 Å². The number of nitrogens with one attached hydrogen (secondary N) is 1. The Kier molecular flexibility index (Phi) is 5.83. The maximum absolute atomic E-state index is 12.9. The quantitative estimate of drug-likeness (QED) is 0.572. The molecule has 1 unspecified atom stereocenters. The highest BCUT2D eigenvalue weighted by atomic mass is 32.2.